The summed E-state index contributed by atoms with van der Waals surface area (Å²) in [7, 11) is 0. The number of carbonyl (C=O) groups excluding carboxylic acids is 1. The molecular formula is C16H13N3O2. The minimum absolute atomic E-state index is 0.0543. The average molecular weight is 279 g/mol. The molecule has 2 heterocycles. The molecule has 1 N–H and O–H groups in total. The van der Waals surface area contributed by atoms with E-state index in [2.05, 4.69) is 9.98 Å². The monoisotopic (exact) mass is 279 g/mol. The lowest BCUT2D eigenvalue weighted by atomic mass is 10.2. The average Bonchev–Trinajstić information content (AvgIpc) is 2.79. The van der Waals surface area contributed by atoms with E-state index in [-0.39, 0.29) is 11.7 Å². The van der Waals surface area contributed by atoms with E-state index in [0.29, 0.717) is 22.3 Å². The van der Waals surface area contributed by atoms with Gasteiger partial charge in [0.1, 0.15) is 5.69 Å². The number of rotatable bonds is 2. The number of carbonyl (C=O) groups is 1. The van der Waals surface area contributed by atoms with Crippen LogP contribution in [-0.2, 0) is 0 Å². The van der Waals surface area contributed by atoms with Crippen LogP contribution >= 0.6 is 0 Å². The fourth-order valence-corrected chi connectivity index (χ4v) is 2.27. The summed E-state index contributed by atoms with van der Waals surface area (Å²) in [5, 5.41) is 10.9. The molecule has 3 aromatic rings. The second kappa shape index (κ2) is 5.20. The molecule has 5 nitrogen and oxygen atoms in total. The summed E-state index contributed by atoms with van der Waals surface area (Å²) < 4.78 is 1.45. The van der Waals surface area contributed by atoms with Crippen LogP contribution in [0.5, 0.6) is 5.75 Å². The van der Waals surface area contributed by atoms with Crippen LogP contribution in [0, 0.1) is 0 Å². The predicted molar refractivity (Wildman–Crippen MR) is 81.4 cm³/mol. The van der Waals surface area contributed by atoms with Crippen LogP contribution in [0.4, 0.5) is 5.69 Å². The molecule has 0 aliphatic heterocycles. The number of fused-ring (bicyclic) bond motifs is 1. The molecule has 0 atom stereocenters. The van der Waals surface area contributed by atoms with Crippen LogP contribution < -0.4 is 0 Å². The minimum Gasteiger partial charge on any atom is -0.505 e. The van der Waals surface area contributed by atoms with E-state index in [1.165, 1.54) is 17.7 Å². The third-order valence-electron chi connectivity index (χ3n) is 3.20. The largest absolute Gasteiger partial charge is 0.505 e. The fourth-order valence-electron chi connectivity index (χ4n) is 2.27. The number of nitrogens with zero attached hydrogens (tertiary/aromatic N) is 3. The van der Waals surface area contributed by atoms with Gasteiger partial charge in [0.25, 0.3) is 0 Å². The van der Waals surface area contributed by atoms with Gasteiger partial charge in [0.05, 0.1) is 17.4 Å². The highest BCUT2D eigenvalue weighted by Crippen LogP contribution is 2.31. The van der Waals surface area contributed by atoms with Crippen molar-refractivity contribution in [3.8, 4) is 5.75 Å². The molecule has 1 aromatic carbocycles. The van der Waals surface area contributed by atoms with Gasteiger partial charge >= 0.3 is 0 Å². The fraction of sp³-hybridized carbons (Fsp3) is 0.0625. The maximum atomic E-state index is 11.9. The molecular weight excluding hydrogens is 266 g/mol. The van der Waals surface area contributed by atoms with Crippen LogP contribution in [-0.4, -0.2) is 26.8 Å². The van der Waals surface area contributed by atoms with Crippen molar-refractivity contribution in [1.82, 2.24) is 9.55 Å². The smallest absolute Gasteiger partial charge is 0.228 e. The Morgan fingerprint density at radius 1 is 1.24 bits per heavy atom. The lowest BCUT2D eigenvalue weighted by Gasteiger charge is -2.02. The van der Waals surface area contributed by atoms with Gasteiger partial charge in [-0.05, 0) is 24.3 Å². The van der Waals surface area contributed by atoms with Crippen molar-refractivity contribution in [2.45, 2.75) is 6.92 Å². The van der Waals surface area contributed by atoms with Crippen molar-refractivity contribution in [2.24, 2.45) is 4.99 Å². The van der Waals surface area contributed by atoms with Gasteiger partial charge in [0, 0.05) is 24.7 Å². The third-order valence-corrected chi connectivity index (χ3v) is 3.20. The van der Waals surface area contributed by atoms with E-state index < -0.39 is 0 Å². The number of hydrogen-bond donors (Lipinski definition) is 1. The zero-order valence-electron chi connectivity index (χ0n) is 11.4. The van der Waals surface area contributed by atoms with E-state index in [1.54, 1.807) is 36.7 Å². The first-order valence-corrected chi connectivity index (χ1v) is 6.46. The topological polar surface area (TPSA) is 67.5 Å². The summed E-state index contributed by atoms with van der Waals surface area (Å²) in [6.07, 6.45) is 4.76. The van der Waals surface area contributed by atoms with Crippen LogP contribution in [0.2, 0.25) is 0 Å². The molecule has 0 amide bonds. The summed E-state index contributed by atoms with van der Waals surface area (Å²) in [5.41, 5.74) is 1.74. The van der Waals surface area contributed by atoms with E-state index in [0.717, 1.165) is 0 Å². The molecule has 0 unspecified atom stereocenters. The molecule has 0 aliphatic rings. The van der Waals surface area contributed by atoms with Gasteiger partial charge in [-0.25, -0.2) is 0 Å². The van der Waals surface area contributed by atoms with Crippen LogP contribution in [0.25, 0.3) is 10.9 Å². The highest BCUT2D eigenvalue weighted by molar-refractivity contribution is 6.04. The molecule has 5 heteroatoms. The van der Waals surface area contributed by atoms with Crippen LogP contribution in [0.3, 0.4) is 0 Å². The number of aromatic nitrogens is 2. The third kappa shape index (κ3) is 2.29. The summed E-state index contributed by atoms with van der Waals surface area (Å²) in [4.78, 5) is 20.1. The molecule has 0 saturated heterocycles. The Hall–Kier alpha value is -2.95. The molecule has 0 bridgehead atoms. The summed E-state index contributed by atoms with van der Waals surface area (Å²) in [6.45, 7) is 1.45. The number of benzene rings is 1. The summed E-state index contributed by atoms with van der Waals surface area (Å²) >= 11 is 0. The Morgan fingerprint density at radius 3 is 2.67 bits per heavy atom. The number of pyridine rings is 1. The number of aromatic hydroxyl groups is 1. The second-order valence-corrected chi connectivity index (χ2v) is 4.57. The molecule has 0 fully saturated rings. The quantitative estimate of drug-likeness (QED) is 0.733. The first-order valence-electron chi connectivity index (χ1n) is 6.46. The van der Waals surface area contributed by atoms with Gasteiger partial charge in [-0.1, -0.05) is 12.1 Å². The zero-order valence-corrected chi connectivity index (χ0v) is 11.4. The Balaban J connectivity index is 2.18. The maximum absolute atomic E-state index is 11.9. The molecule has 104 valence electrons. The zero-order chi connectivity index (χ0) is 14.8. The normalized spacial score (nSPS) is 11.3. The van der Waals surface area contributed by atoms with Crippen LogP contribution in [0.1, 0.15) is 17.4 Å². The predicted octanol–water partition coefficient (Wildman–Crippen LogP) is 3.15. The molecule has 3 rings (SSSR count). The van der Waals surface area contributed by atoms with Crippen molar-refractivity contribution in [2.75, 3.05) is 0 Å². The lowest BCUT2D eigenvalue weighted by Crippen LogP contribution is -2.08. The minimum atomic E-state index is -0.178. The molecule has 0 spiro atoms. The molecule has 0 aliphatic carbocycles. The summed E-state index contributed by atoms with van der Waals surface area (Å²) in [6, 6.07) is 10.7. The number of para-hydroxylation sites is 1. The Kier molecular flexibility index (Phi) is 3.23. The van der Waals surface area contributed by atoms with Gasteiger partial charge in [0.2, 0.25) is 5.91 Å². The van der Waals surface area contributed by atoms with Crippen molar-refractivity contribution >= 4 is 28.7 Å². The molecule has 0 saturated carbocycles. The van der Waals surface area contributed by atoms with Gasteiger partial charge in [-0.2, -0.15) is 0 Å². The molecule has 21 heavy (non-hydrogen) atoms. The maximum Gasteiger partial charge on any atom is 0.228 e. The number of aliphatic imine (C=N–C) groups is 1. The van der Waals surface area contributed by atoms with Crippen molar-refractivity contribution in [3.63, 3.8) is 0 Å². The lowest BCUT2D eigenvalue weighted by molar-refractivity contribution is 0.0940. The first kappa shape index (κ1) is 13.1. The van der Waals surface area contributed by atoms with Gasteiger partial charge < -0.3 is 5.11 Å². The Bertz CT molecular complexity index is 835. The van der Waals surface area contributed by atoms with E-state index in [4.69, 9.17) is 0 Å². The number of hydrogen-bond acceptors (Lipinski definition) is 4. The molecule has 0 radical (unpaired) electrons. The van der Waals surface area contributed by atoms with Crippen molar-refractivity contribution < 1.29 is 9.90 Å². The van der Waals surface area contributed by atoms with E-state index in [1.807, 2.05) is 12.1 Å². The highest BCUT2D eigenvalue weighted by atomic mass is 16.3. The highest BCUT2D eigenvalue weighted by Gasteiger charge is 2.17. The standard InChI is InChI=1S/C16H13N3O2/c1-11(20)19-14-5-3-2-4-13(14)16(21)15(19)10-18-12-6-8-17-9-7-12/h2-10,21H,1H3. The Morgan fingerprint density at radius 2 is 1.95 bits per heavy atom. The van der Waals surface area contributed by atoms with Gasteiger partial charge in [-0.15, -0.1) is 0 Å². The van der Waals surface area contributed by atoms with Crippen LogP contribution in [0.15, 0.2) is 53.8 Å². The van der Waals surface area contributed by atoms with Gasteiger partial charge in [0.15, 0.2) is 5.75 Å². The SMILES string of the molecule is CC(=O)n1c(C=Nc2ccncc2)c(O)c2ccccc21. The summed E-state index contributed by atoms with van der Waals surface area (Å²) in [5.74, 6) is -0.124. The van der Waals surface area contributed by atoms with E-state index in [9.17, 15) is 9.90 Å². The van der Waals surface area contributed by atoms with Crippen molar-refractivity contribution in [3.05, 3.63) is 54.5 Å². The second-order valence-electron chi connectivity index (χ2n) is 4.57. The van der Waals surface area contributed by atoms with Crippen molar-refractivity contribution in [1.29, 1.82) is 0 Å². The van der Waals surface area contributed by atoms with Gasteiger partial charge in [-0.3, -0.25) is 19.3 Å². The first-order chi connectivity index (χ1) is 10.2. The molecule has 2 aromatic heterocycles. The van der Waals surface area contributed by atoms with E-state index >= 15 is 0 Å². The Labute approximate surface area is 121 Å².